The van der Waals surface area contributed by atoms with Crippen molar-refractivity contribution >= 4 is 0 Å². The van der Waals surface area contributed by atoms with Gasteiger partial charge in [0, 0.05) is 5.54 Å². The smallest absolute Gasteiger partial charge is 0.119 e. The Morgan fingerprint density at radius 1 is 1.33 bits per heavy atom. The van der Waals surface area contributed by atoms with Gasteiger partial charge < -0.3 is 10.5 Å². The van der Waals surface area contributed by atoms with E-state index in [2.05, 4.69) is 26.0 Å². The lowest BCUT2D eigenvalue weighted by atomic mass is 9.81. The van der Waals surface area contributed by atoms with E-state index in [0.29, 0.717) is 0 Å². The summed E-state index contributed by atoms with van der Waals surface area (Å²) >= 11 is 0. The Hall–Kier alpha value is -1.02. The van der Waals surface area contributed by atoms with Crippen LogP contribution in [0.25, 0.3) is 0 Å². The molecule has 18 heavy (non-hydrogen) atoms. The highest BCUT2D eigenvalue weighted by Crippen LogP contribution is 2.41. The van der Waals surface area contributed by atoms with Crippen LogP contribution in [0.5, 0.6) is 5.75 Å². The van der Waals surface area contributed by atoms with Gasteiger partial charge in [-0.2, -0.15) is 0 Å². The Bertz CT molecular complexity index is 412. The molecule has 0 bridgehead atoms. The summed E-state index contributed by atoms with van der Waals surface area (Å²) in [5, 5.41) is 0. The summed E-state index contributed by atoms with van der Waals surface area (Å²) in [4.78, 5) is 0. The number of aryl methyl sites for hydroxylation is 1. The number of hydrogen-bond acceptors (Lipinski definition) is 2. The Morgan fingerprint density at radius 3 is 2.67 bits per heavy atom. The third-order valence-corrected chi connectivity index (χ3v) is 4.50. The number of ether oxygens (including phenoxy) is 1. The zero-order valence-electron chi connectivity index (χ0n) is 11.8. The molecule has 100 valence electrons. The first-order valence-electron chi connectivity index (χ1n) is 7.09. The highest BCUT2D eigenvalue weighted by Gasteiger charge is 2.36. The van der Waals surface area contributed by atoms with Gasteiger partial charge in [0.2, 0.25) is 0 Å². The molecule has 0 spiro atoms. The van der Waals surface area contributed by atoms with Crippen molar-refractivity contribution in [1.82, 2.24) is 0 Å². The van der Waals surface area contributed by atoms with Crippen molar-refractivity contribution < 1.29 is 4.74 Å². The predicted octanol–water partition coefficient (Wildman–Crippen LogP) is 3.62. The predicted molar refractivity (Wildman–Crippen MR) is 75.9 cm³/mol. The Balaban J connectivity index is 2.27. The van der Waals surface area contributed by atoms with Crippen LogP contribution in [-0.4, -0.2) is 7.11 Å². The van der Waals surface area contributed by atoms with Crippen molar-refractivity contribution in [2.24, 2.45) is 11.7 Å². The van der Waals surface area contributed by atoms with Gasteiger partial charge in [0.1, 0.15) is 5.75 Å². The van der Waals surface area contributed by atoms with Crippen LogP contribution < -0.4 is 10.5 Å². The van der Waals surface area contributed by atoms with E-state index in [4.69, 9.17) is 10.5 Å². The fraction of sp³-hybridized carbons (Fsp3) is 0.625. The molecule has 1 aromatic carbocycles. The summed E-state index contributed by atoms with van der Waals surface area (Å²) in [6.45, 7) is 4.53. The van der Waals surface area contributed by atoms with Gasteiger partial charge in [-0.25, -0.2) is 0 Å². The Kier molecular flexibility index (Phi) is 3.96. The zero-order valence-corrected chi connectivity index (χ0v) is 11.8. The molecule has 0 amide bonds. The molecule has 1 atom stereocenters. The molecule has 2 nitrogen and oxygen atoms in total. The van der Waals surface area contributed by atoms with Crippen molar-refractivity contribution in [2.45, 2.75) is 51.5 Å². The molecule has 1 aromatic rings. The van der Waals surface area contributed by atoms with Crippen LogP contribution in [0.15, 0.2) is 18.2 Å². The maximum absolute atomic E-state index is 6.69. The third-order valence-electron chi connectivity index (χ3n) is 4.50. The SMILES string of the molecule is CCC(CC)CC1(N)CCc2ccc(OC)cc21. The average molecular weight is 247 g/mol. The molecular weight excluding hydrogens is 222 g/mol. The molecule has 0 radical (unpaired) electrons. The van der Waals surface area contributed by atoms with Gasteiger partial charge in [0.05, 0.1) is 7.11 Å². The lowest BCUT2D eigenvalue weighted by Crippen LogP contribution is -2.36. The first-order valence-corrected chi connectivity index (χ1v) is 7.09. The fourth-order valence-electron chi connectivity index (χ4n) is 3.16. The van der Waals surface area contributed by atoms with E-state index in [-0.39, 0.29) is 5.54 Å². The van der Waals surface area contributed by atoms with Crippen molar-refractivity contribution in [3.63, 3.8) is 0 Å². The van der Waals surface area contributed by atoms with Crippen molar-refractivity contribution in [2.75, 3.05) is 7.11 Å². The van der Waals surface area contributed by atoms with Gasteiger partial charge in [-0.15, -0.1) is 0 Å². The molecule has 0 saturated carbocycles. The lowest BCUT2D eigenvalue weighted by Gasteiger charge is -2.30. The standard InChI is InChI=1S/C16H25NO/c1-4-12(5-2)11-16(17)9-8-13-6-7-14(18-3)10-15(13)16/h6-7,10,12H,4-5,8-9,11,17H2,1-3H3. The highest BCUT2D eigenvalue weighted by molar-refractivity contribution is 5.43. The molecule has 0 aromatic heterocycles. The molecule has 0 fully saturated rings. The summed E-state index contributed by atoms with van der Waals surface area (Å²) in [6, 6.07) is 6.36. The molecule has 0 heterocycles. The third kappa shape index (κ3) is 2.39. The number of hydrogen-bond donors (Lipinski definition) is 1. The highest BCUT2D eigenvalue weighted by atomic mass is 16.5. The molecular formula is C16H25NO. The van der Waals surface area contributed by atoms with E-state index in [0.717, 1.165) is 30.9 Å². The topological polar surface area (TPSA) is 35.2 Å². The number of nitrogens with two attached hydrogens (primary N) is 1. The van der Waals surface area contributed by atoms with E-state index < -0.39 is 0 Å². The summed E-state index contributed by atoms with van der Waals surface area (Å²) in [5.74, 6) is 1.65. The second kappa shape index (κ2) is 5.31. The molecule has 0 aliphatic heterocycles. The van der Waals surface area contributed by atoms with E-state index in [1.165, 1.54) is 24.0 Å². The van der Waals surface area contributed by atoms with E-state index in [1.807, 2.05) is 6.07 Å². The zero-order chi connectivity index (χ0) is 13.2. The van der Waals surface area contributed by atoms with Gasteiger partial charge in [-0.3, -0.25) is 0 Å². The van der Waals surface area contributed by atoms with Gasteiger partial charge >= 0.3 is 0 Å². The quantitative estimate of drug-likeness (QED) is 0.862. The minimum atomic E-state index is -0.138. The monoisotopic (exact) mass is 247 g/mol. The van der Waals surface area contributed by atoms with Crippen molar-refractivity contribution in [1.29, 1.82) is 0 Å². The second-order valence-corrected chi connectivity index (χ2v) is 5.57. The second-order valence-electron chi connectivity index (χ2n) is 5.57. The van der Waals surface area contributed by atoms with E-state index >= 15 is 0 Å². The van der Waals surface area contributed by atoms with Crippen LogP contribution in [-0.2, 0) is 12.0 Å². The van der Waals surface area contributed by atoms with Crippen molar-refractivity contribution in [3.05, 3.63) is 29.3 Å². The number of rotatable bonds is 5. The van der Waals surface area contributed by atoms with Crippen molar-refractivity contribution in [3.8, 4) is 5.75 Å². The number of fused-ring (bicyclic) bond motifs is 1. The molecule has 1 aliphatic rings. The molecule has 1 unspecified atom stereocenters. The average Bonchev–Trinajstić information content (AvgIpc) is 2.73. The first kappa shape index (κ1) is 13.4. The molecule has 2 N–H and O–H groups in total. The van der Waals surface area contributed by atoms with Gasteiger partial charge in [-0.1, -0.05) is 32.8 Å². The molecule has 1 aliphatic carbocycles. The first-order chi connectivity index (χ1) is 8.62. The maximum atomic E-state index is 6.69. The van der Waals surface area contributed by atoms with Crippen LogP contribution >= 0.6 is 0 Å². The van der Waals surface area contributed by atoms with Gasteiger partial charge in [-0.05, 0) is 48.4 Å². The van der Waals surface area contributed by atoms with Gasteiger partial charge in [0.25, 0.3) is 0 Å². The summed E-state index contributed by atoms with van der Waals surface area (Å²) < 4.78 is 5.33. The van der Waals surface area contributed by atoms with E-state index in [9.17, 15) is 0 Å². The molecule has 0 saturated heterocycles. The van der Waals surface area contributed by atoms with Crippen LogP contribution in [0.2, 0.25) is 0 Å². The normalized spacial score (nSPS) is 22.3. The number of methoxy groups -OCH3 is 1. The maximum Gasteiger partial charge on any atom is 0.119 e. The largest absolute Gasteiger partial charge is 0.497 e. The molecule has 2 rings (SSSR count). The van der Waals surface area contributed by atoms with Gasteiger partial charge in [0.15, 0.2) is 0 Å². The fourth-order valence-corrected chi connectivity index (χ4v) is 3.16. The van der Waals surface area contributed by atoms with Crippen LogP contribution in [0, 0.1) is 5.92 Å². The minimum absolute atomic E-state index is 0.138. The summed E-state index contributed by atoms with van der Waals surface area (Å²) in [5.41, 5.74) is 9.27. The Labute approximate surface area is 111 Å². The summed E-state index contributed by atoms with van der Waals surface area (Å²) in [6.07, 6.45) is 5.71. The molecule has 2 heteroatoms. The van der Waals surface area contributed by atoms with Crippen LogP contribution in [0.3, 0.4) is 0 Å². The number of benzene rings is 1. The van der Waals surface area contributed by atoms with Crippen LogP contribution in [0.4, 0.5) is 0 Å². The Morgan fingerprint density at radius 2 is 2.06 bits per heavy atom. The minimum Gasteiger partial charge on any atom is -0.497 e. The lowest BCUT2D eigenvalue weighted by molar-refractivity contribution is 0.305. The van der Waals surface area contributed by atoms with E-state index in [1.54, 1.807) is 7.11 Å². The van der Waals surface area contributed by atoms with Crippen LogP contribution in [0.1, 0.15) is 50.7 Å². The summed E-state index contributed by atoms with van der Waals surface area (Å²) in [7, 11) is 1.72.